The standard InChI is InChI=1S/C23H30N6O2/c1-3-4-5-18-13-29(27-26-18)21-9-16-11-28(12-17(16)10-22(21)31-2)23(30)15-6-7-19-20(8-15)25-14-24-19/h6-8,13-14,16-17,21-22H,3-5,9-12H2,1-2H3,(H,24,25)/t16-,17+,21-,22-/m1/s1. The van der Waals surface area contributed by atoms with E-state index >= 15 is 0 Å². The Kier molecular flexibility index (Phi) is 5.48. The van der Waals surface area contributed by atoms with E-state index in [-0.39, 0.29) is 18.1 Å². The van der Waals surface area contributed by atoms with Gasteiger partial charge in [-0.2, -0.15) is 0 Å². The minimum absolute atomic E-state index is 0.0957. The van der Waals surface area contributed by atoms with Gasteiger partial charge in [0, 0.05) is 32.0 Å². The number of H-pyrrole nitrogens is 1. The molecule has 5 rings (SSSR count). The normalized spacial score (nSPS) is 25.8. The Bertz CT molecular complexity index is 1060. The van der Waals surface area contributed by atoms with Crippen molar-refractivity contribution >= 4 is 16.9 Å². The molecule has 3 aromatic rings. The third kappa shape index (κ3) is 3.84. The number of aromatic amines is 1. The second-order valence-electron chi connectivity index (χ2n) is 8.97. The largest absolute Gasteiger partial charge is 0.379 e. The Morgan fingerprint density at radius 1 is 1.26 bits per heavy atom. The number of nitrogens with zero attached hydrogens (tertiary/aromatic N) is 5. The summed E-state index contributed by atoms with van der Waals surface area (Å²) in [4.78, 5) is 22.5. The number of carbonyl (C=O) groups is 1. The highest BCUT2D eigenvalue weighted by molar-refractivity contribution is 5.97. The fourth-order valence-corrected chi connectivity index (χ4v) is 5.29. The molecule has 8 nitrogen and oxygen atoms in total. The number of hydrogen-bond donors (Lipinski definition) is 1. The van der Waals surface area contributed by atoms with Crippen molar-refractivity contribution in [2.75, 3.05) is 20.2 Å². The van der Waals surface area contributed by atoms with Crippen LogP contribution in [0.5, 0.6) is 0 Å². The third-order valence-electron chi connectivity index (χ3n) is 7.03. The molecule has 4 atom stereocenters. The minimum atomic E-state index is 0.0957. The van der Waals surface area contributed by atoms with Crippen molar-refractivity contribution in [2.24, 2.45) is 11.8 Å². The number of nitrogens with one attached hydrogen (secondary N) is 1. The Balaban J connectivity index is 1.30. The van der Waals surface area contributed by atoms with Crippen LogP contribution in [0.15, 0.2) is 30.7 Å². The van der Waals surface area contributed by atoms with Crippen molar-refractivity contribution in [2.45, 2.75) is 51.2 Å². The molecule has 0 bridgehead atoms. The Morgan fingerprint density at radius 2 is 2.10 bits per heavy atom. The summed E-state index contributed by atoms with van der Waals surface area (Å²) in [5.74, 6) is 1.02. The van der Waals surface area contributed by atoms with Crippen molar-refractivity contribution in [3.05, 3.63) is 42.0 Å². The van der Waals surface area contributed by atoms with E-state index in [9.17, 15) is 4.79 Å². The van der Waals surface area contributed by atoms with Crippen LogP contribution in [0.3, 0.4) is 0 Å². The van der Waals surface area contributed by atoms with E-state index in [2.05, 4.69) is 33.4 Å². The van der Waals surface area contributed by atoms with Crippen molar-refractivity contribution < 1.29 is 9.53 Å². The van der Waals surface area contributed by atoms with Gasteiger partial charge in [0.2, 0.25) is 0 Å². The van der Waals surface area contributed by atoms with E-state index in [1.54, 1.807) is 13.4 Å². The van der Waals surface area contributed by atoms with Crippen LogP contribution in [0.1, 0.15) is 54.7 Å². The summed E-state index contributed by atoms with van der Waals surface area (Å²) >= 11 is 0. The number of ether oxygens (including phenoxy) is 1. The number of unbranched alkanes of at least 4 members (excludes halogenated alkanes) is 1. The van der Waals surface area contributed by atoms with Gasteiger partial charge in [0.15, 0.2) is 0 Å². The average Bonchev–Trinajstić information content (AvgIpc) is 3.54. The average molecular weight is 423 g/mol. The van der Waals surface area contributed by atoms with Gasteiger partial charge in [0.25, 0.3) is 5.91 Å². The maximum absolute atomic E-state index is 13.2. The SMILES string of the molecule is CCCCc1cn([C@@H]2C[C@@H]3CN(C(=O)c4ccc5nc[nH]c5c4)C[C@@H]3C[C@H]2OC)nn1. The highest BCUT2D eigenvalue weighted by Gasteiger charge is 2.44. The summed E-state index contributed by atoms with van der Waals surface area (Å²) in [5, 5.41) is 8.80. The minimum Gasteiger partial charge on any atom is -0.379 e. The second kappa shape index (κ2) is 8.42. The molecule has 2 aliphatic rings. The third-order valence-corrected chi connectivity index (χ3v) is 7.03. The number of imidazole rings is 1. The molecule has 0 spiro atoms. The number of carbonyl (C=O) groups excluding carboxylic acids is 1. The zero-order chi connectivity index (χ0) is 21.4. The van der Waals surface area contributed by atoms with Crippen LogP contribution in [0, 0.1) is 11.8 Å². The summed E-state index contributed by atoms with van der Waals surface area (Å²) in [6, 6.07) is 5.85. The van der Waals surface area contributed by atoms with Crippen molar-refractivity contribution in [3.63, 3.8) is 0 Å². The molecular formula is C23H30N6O2. The molecule has 3 heterocycles. The fraction of sp³-hybridized carbons (Fsp3) is 0.565. The molecule has 1 amide bonds. The first-order chi connectivity index (χ1) is 15.2. The maximum Gasteiger partial charge on any atom is 0.253 e. The van der Waals surface area contributed by atoms with Gasteiger partial charge in [-0.1, -0.05) is 18.6 Å². The van der Waals surface area contributed by atoms with Crippen LogP contribution in [-0.4, -0.2) is 62.1 Å². The molecule has 2 fully saturated rings. The van der Waals surface area contributed by atoms with E-state index in [4.69, 9.17) is 4.74 Å². The fourth-order valence-electron chi connectivity index (χ4n) is 5.29. The quantitative estimate of drug-likeness (QED) is 0.659. The first kappa shape index (κ1) is 20.2. The number of fused-ring (bicyclic) bond motifs is 2. The number of aryl methyl sites for hydroxylation is 1. The highest BCUT2D eigenvalue weighted by atomic mass is 16.5. The van der Waals surface area contributed by atoms with Crippen LogP contribution in [0.25, 0.3) is 11.0 Å². The predicted molar refractivity (Wildman–Crippen MR) is 117 cm³/mol. The predicted octanol–water partition coefficient (Wildman–Crippen LogP) is 3.24. The van der Waals surface area contributed by atoms with Crippen molar-refractivity contribution in [1.29, 1.82) is 0 Å². The number of amides is 1. The molecule has 0 radical (unpaired) electrons. The number of benzene rings is 1. The molecule has 1 N–H and O–H groups in total. The first-order valence-corrected chi connectivity index (χ1v) is 11.3. The van der Waals surface area contributed by atoms with Crippen LogP contribution in [-0.2, 0) is 11.2 Å². The summed E-state index contributed by atoms with van der Waals surface area (Å²) in [5.41, 5.74) is 3.54. The smallest absolute Gasteiger partial charge is 0.253 e. The lowest BCUT2D eigenvalue weighted by Gasteiger charge is -2.36. The van der Waals surface area contributed by atoms with Crippen LogP contribution < -0.4 is 0 Å². The molecule has 1 aliphatic carbocycles. The molecule has 1 aliphatic heterocycles. The Hall–Kier alpha value is -2.74. The number of hydrogen-bond acceptors (Lipinski definition) is 5. The molecule has 1 aromatic carbocycles. The maximum atomic E-state index is 13.2. The summed E-state index contributed by atoms with van der Waals surface area (Å²) in [7, 11) is 1.78. The summed E-state index contributed by atoms with van der Waals surface area (Å²) in [6.07, 6.45) is 8.99. The monoisotopic (exact) mass is 422 g/mol. The zero-order valence-corrected chi connectivity index (χ0v) is 18.2. The molecule has 0 unspecified atom stereocenters. The van der Waals surface area contributed by atoms with Gasteiger partial charge in [-0.15, -0.1) is 5.10 Å². The van der Waals surface area contributed by atoms with E-state index in [1.165, 1.54) is 0 Å². The van der Waals surface area contributed by atoms with Gasteiger partial charge in [-0.05, 0) is 55.7 Å². The van der Waals surface area contributed by atoms with Crippen LogP contribution in [0.4, 0.5) is 0 Å². The Labute approximate surface area is 182 Å². The highest BCUT2D eigenvalue weighted by Crippen LogP contribution is 2.42. The van der Waals surface area contributed by atoms with E-state index in [0.717, 1.165) is 61.9 Å². The van der Waals surface area contributed by atoms with E-state index in [1.807, 2.05) is 27.8 Å². The Morgan fingerprint density at radius 3 is 2.90 bits per heavy atom. The van der Waals surface area contributed by atoms with E-state index in [0.29, 0.717) is 17.4 Å². The molecule has 31 heavy (non-hydrogen) atoms. The number of likely N-dealkylation sites (tertiary alicyclic amines) is 1. The second-order valence-corrected chi connectivity index (χ2v) is 8.97. The first-order valence-electron chi connectivity index (χ1n) is 11.3. The van der Waals surface area contributed by atoms with Crippen LogP contribution >= 0.6 is 0 Å². The molecule has 8 heteroatoms. The summed E-state index contributed by atoms with van der Waals surface area (Å²) in [6.45, 7) is 3.76. The van der Waals surface area contributed by atoms with Gasteiger partial charge in [0.05, 0.1) is 35.2 Å². The number of rotatable bonds is 6. The van der Waals surface area contributed by atoms with Gasteiger partial charge in [-0.3, -0.25) is 4.79 Å². The summed E-state index contributed by atoms with van der Waals surface area (Å²) < 4.78 is 7.88. The van der Waals surface area contributed by atoms with Crippen LogP contribution in [0.2, 0.25) is 0 Å². The number of methoxy groups -OCH3 is 1. The van der Waals surface area contributed by atoms with Gasteiger partial charge in [-0.25, -0.2) is 9.67 Å². The van der Waals surface area contributed by atoms with Gasteiger partial charge in [0.1, 0.15) is 0 Å². The van der Waals surface area contributed by atoms with Gasteiger partial charge < -0.3 is 14.6 Å². The molecular weight excluding hydrogens is 392 g/mol. The topological polar surface area (TPSA) is 88.9 Å². The van der Waals surface area contributed by atoms with Gasteiger partial charge >= 0.3 is 0 Å². The lowest BCUT2D eigenvalue weighted by molar-refractivity contribution is -0.00546. The van der Waals surface area contributed by atoms with Crippen molar-refractivity contribution in [3.8, 4) is 0 Å². The van der Waals surface area contributed by atoms with E-state index < -0.39 is 0 Å². The zero-order valence-electron chi connectivity index (χ0n) is 18.2. The molecule has 2 aromatic heterocycles. The lowest BCUT2D eigenvalue weighted by Crippen LogP contribution is -2.37. The molecule has 1 saturated heterocycles. The molecule has 164 valence electrons. The molecule has 1 saturated carbocycles. The van der Waals surface area contributed by atoms with Crippen molar-refractivity contribution in [1.82, 2.24) is 29.9 Å². The number of aromatic nitrogens is 5. The lowest BCUT2D eigenvalue weighted by atomic mass is 9.77.